The monoisotopic (exact) mass is 398 g/mol. The molecule has 2 aromatic rings. The maximum atomic E-state index is 12.2. The van der Waals surface area contributed by atoms with Gasteiger partial charge >= 0.3 is 0 Å². The number of allylic oxidation sites excluding steroid dienone is 1. The summed E-state index contributed by atoms with van der Waals surface area (Å²) in [6, 6.07) is 15.2. The van der Waals surface area contributed by atoms with Crippen LogP contribution in [0.4, 0.5) is 11.4 Å². The third-order valence-electron chi connectivity index (χ3n) is 4.90. The number of nitrogens with two attached hydrogens (primary N) is 1. The maximum Gasteiger partial charge on any atom is 0.204 e. The summed E-state index contributed by atoms with van der Waals surface area (Å²) in [5, 5.41) is 0.657. The summed E-state index contributed by atoms with van der Waals surface area (Å²) in [5.41, 5.74) is 16.5. The van der Waals surface area contributed by atoms with Crippen LogP contribution in [-0.2, 0) is 16.1 Å². The molecule has 1 saturated heterocycles. The number of aldehydes is 1. The number of ketones is 1. The summed E-state index contributed by atoms with van der Waals surface area (Å²) in [5.74, 6) is -0.880. The van der Waals surface area contributed by atoms with Crippen LogP contribution in [0.2, 0.25) is 5.02 Å². The van der Waals surface area contributed by atoms with Crippen LogP contribution < -0.4 is 21.5 Å². The Morgan fingerprint density at radius 2 is 1.89 bits per heavy atom. The van der Waals surface area contributed by atoms with Gasteiger partial charge in [0.1, 0.15) is 0 Å². The smallest absolute Gasteiger partial charge is 0.204 e. The highest BCUT2D eigenvalue weighted by Gasteiger charge is 2.34. The number of rotatable bonds is 7. The third-order valence-corrected chi connectivity index (χ3v) is 5.15. The molecule has 28 heavy (non-hydrogen) atoms. The molecule has 7 heteroatoms. The Labute approximate surface area is 169 Å². The first-order valence-electron chi connectivity index (χ1n) is 9.02. The topological polar surface area (TPSA) is 87.5 Å². The largest absolute Gasteiger partial charge is 0.366 e. The zero-order valence-electron chi connectivity index (χ0n) is 15.6. The number of Topliss-reactive ketones (excluding diaryl/α,β-unsaturated/α-hetero) is 1. The number of nitrogens with one attached hydrogen (secondary N) is 2. The van der Waals surface area contributed by atoms with Gasteiger partial charge in [-0.15, -0.1) is 0 Å². The summed E-state index contributed by atoms with van der Waals surface area (Å²) < 4.78 is 0. The number of halogens is 1. The molecule has 146 valence electrons. The van der Waals surface area contributed by atoms with Crippen LogP contribution in [0.25, 0.3) is 0 Å². The molecule has 1 atom stereocenters. The molecule has 1 aliphatic rings. The van der Waals surface area contributed by atoms with E-state index in [1.807, 2.05) is 43.3 Å². The maximum absolute atomic E-state index is 12.2. The van der Waals surface area contributed by atoms with E-state index in [1.54, 1.807) is 12.1 Å². The van der Waals surface area contributed by atoms with Gasteiger partial charge in [-0.25, -0.2) is 0 Å². The lowest BCUT2D eigenvalue weighted by Crippen LogP contribution is -2.25. The fourth-order valence-corrected chi connectivity index (χ4v) is 3.38. The van der Waals surface area contributed by atoms with Gasteiger partial charge < -0.3 is 21.5 Å². The molecule has 1 fully saturated rings. The van der Waals surface area contributed by atoms with E-state index in [0.29, 0.717) is 30.9 Å². The van der Waals surface area contributed by atoms with Crippen molar-refractivity contribution in [1.29, 1.82) is 0 Å². The highest BCUT2D eigenvalue weighted by molar-refractivity contribution is 6.30. The first-order valence-corrected chi connectivity index (χ1v) is 9.40. The van der Waals surface area contributed by atoms with Crippen LogP contribution in [0.15, 0.2) is 59.8 Å². The molecule has 1 aliphatic heterocycles. The van der Waals surface area contributed by atoms with E-state index in [2.05, 4.69) is 15.8 Å². The molecule has 0 spiro atoms. The quantitative estimate of drug-likeness (QED) is 0.377. The normalized spacial score (nSPS) is 18.0. The van der Waals surface area contributed by atoms with Gasteiger partial charge in [-0.3, -0.25) is 9.59 Å². The van der Waals surface area contributed by atoms with Crippen LogP contribution in [0, 0.1) is 5.92 Å². The second-order valence-corrected chi connectivity index (χ2v) is 7.17. The number of benzene rings is 2. The Morgan fingerprint density at radius 3 is 2.50 bits per heavy atom. The molecule has 6 nitrogen and oxygen atoms in total. The van der Waals surface area contributed by atoms with Crippen molar-refractivity contribution in [2.75, 3.05) is 23.4 Å². The summed E-state index contributed by atoms with van der Waals surface area (Å²) in [6.45, 7) is 3.41. The predicted molar refractivity (Wildman–Crippen MR) is 112 cm³/mol. The average Bonchev–Trinajstić information content (AvgIpc) is 3.18. The number of carbonyl (C=O) groups excluding carboxylic acids is 2. The molecule has 0 radical (unpaired) electrons. The van der Waals surface area contributed by atoms with E-state index in [4.69, 9.17) is 17.3 Å². The van der Waals surface area contributed by atoms with E-state index >= 15 is 0 Å². The van der Waals surface area contributed by atoms with Crippen molar-refractivity contribution < 1.29 is 9.59 Å². The molecular formula is C21H23ClN4O2. The lowest BCUT2D eigenvalue weighted by Gasteiger charge is -2.18. The van der Waals surface area contributed by atoms with Gasteiger partial charge in [-0.2, -0.15) is 0 Å². The summed E-state index contributed by atoms with van der Waals surface area (Å²) in [7, 11) is 0. The van der Waals surface area contributed by atoms with Crippen molar-refractivity contribution in [1.82, 2.24) is 5.43 Å². The highest BCUT2D eigenvalue weighted by atomic mass is 35.5. The molecule has 2 aromatic carbocycles. The van der Waals surface area contributed by atoms with E-state index in [9.17, 15) is 9.59 Å². The minimum Gasteiger partial charge on any atom is -0.366 e. The molecule has 1 heterocycles. The van der Waals surface area contributed by atoms with Gasteiger partial charge in [-0.05, 0) is 54.5 Å². The van der Waals surface area contributed by atoms with Gasteiger partial charge in [0.15, 0.2) is 6.29 Å². The van der Waals surface area contributed by atoms with Crippen LogP contribution in [0.3, 0.4) is 0 Å². The number of anilines is 2. The van der Waals surface area contributed by atoms with Crippen molar-refractivity contribution in [3.8, 4) is 0 Å². The molecular weight excluding hydrogens is 376 g/mol. The number of hydrogen-bond donors (Lipinski definition) is 3. The Bertz CT molecular complexity index is 878. The van der Waals surface area contributed by atoms with Crippen molar-refractivity contribution in [2.45, 2.75) is 13.5 Å². The number of hydrogen-bond acceptors (Lipinski definition) is 6. The van der Waals surface area contributed by atoms with Crippen LogP contribution in [0.1, 0.15) is 12.5 Å². The Balaban J connectivity index is 1.79. The third kappa shape index (κ3) is 4.52. The summed E-state index contributed by atoms with van der Waals surface area (Å²) in [6.07, 6.45) is 0.408. The molecule has 4 N–H and O–H groups in total. The van der Waals surface area contributed by atoms with Gasteiger partial charge in [0.25, 0.3) is 0 Å². The number of nitrogens with zero attached hydrogens (tertiary/aromatic N) is 1. The summed E-state index contributed by atoms with van der Waals surface area (Å²) >= 11 is 5.90. The van der Waals surface area contributed by atoms with E-state index in [-0.39, 0.29) is 0 Å². The lowest BCUT2D eigenvalue weighted by atomic mass is 9.97. The second kappa shape index (κ2) is 8.91. The molecule has 0 aromatic heterocycles. The minimum absolute atomic E-state index is 0.408. The minimum atomic E-state index is -0.466. The molecule has 3 rings (SSSR count). The fourth-order valence-electron chi connectivity index (χ4n) is 3.25. The van der Waals surface area contributed by atoms with Gasteiger partial charge in [0, 0.05) is 36.0 Å². The Kier molecular flexibility index (Phi) is 6.34. The van der Waals surface area contributed by atoms with Gasteiger partial charge in [0.2, 0.25) is 5.78 Å². The number of hydrazine groups is 1. The van der Waals surface area contributed by atoms with Crippen LogP contribution in [-0.4, -0.2) is 25.2 Å². The molecule has 0 aliphatic carbocycles. The van der Waals surface area contributed by atoms with E-state index in [1.165, 1.54) is 0 Å². The van der Waals surface area contributed by atoms with Crippen molar-refractivity contribution in [2.24, 2.45) is 11.7 Å². The van der Waals surface area contributed by atoms with Crippen molar-refractivity contribution in [3.63, 3.8) is 0 Å². The molecule has 0 saturated carbocycles. The standard InChI is InChI=1S/C21H23ClN4O2/c1-14(24-25-17-6-4-16(22)5-7-17)19-11-26(12-20(19)21(28)13-27)18-8-2-15(10-23)3-9-18/h2-9,13,20,24-25H,10-12,23H2,1H3. The van der Waals surface area contributed by atoms with Crippen LogP contribution in [0.5, 0.6) is 0 Å². The molecule has 0 bridgehead atoms. The lowest BCUT2D eigenvalue weighted by molar-refractivity contribution is -0.131. The summed E-state index contributed by atoms with van der Waals surface area (Å²) in [4.78, 5) is 25.4. The van der Waals surface area contributed by atoms with E-state index in [0.717, 1.165) is 28.2 Å². The van der Waals surface area contributed by atoms with Crippen LogP contribution >= 0.6 is 11.6 Å². The predicted octanol–water partition coefficient (Wildman–Crippen LogP) is 2.89. The van der Waals surface area contributed by atoms with Crippen molar-refractivity contribution in [3.05, 3.63) is 70.4 Å². The first kappa shape index (κ1) is 19.9. The van der Waals surface area contributed by atoms with Gasteiger partial charge in [0.05, 0.1) is 11.6 Å². The van der Waals surface area contributed by atoms with Gasteiger partial charge in [-0.1, -0.05) is 23.7 Å². The SMILES string of the molecule is CC(NNc1ccc(Cl)cc1)=C1CN(c2ccc(CN)cc2)CC1C(=O)C=O. The Morgan fingerprint density at radius 1 is 1.21 bits per heavy atom. The second-order valence-electron chi connectivity index (χ2n) is 6.73. The average molecular weight is 399 g/mol. The first-order chi connectivity index (χ1) is 13.5. The zero-order valence-corrected chi connectivity index (χ0v) is 16.4. The fraction of sp³-hybridized carbons (Fsp3) is 0.238. The highest BCUT2D eigenvalue weighted by Crippen LogP contribution is 2.30. The number of carbonyl (C=O) groups is 2. The van der Waals surface area contributed by atoms with Crippen molar-refractivity contribution >= 4 is 35.0 Å². The Hall–Kier alpha value is -2.83. The molecule has 0 amide bonds. The molecule has 1 unspecified atom stereocenters. The van der Waals surface area contributed by atoms with E-state index < -0.39 is 11.7 Å². The zero-order chi connectivity index (χ0) is 20.1.